The third kappa shape index (κ3) is 7.98. The van der Waals surface area contributed by atoms with Gasteiger partial charge in [0.25, 0.3) is 0 Å². The minimum absolute atomic E-state index is 0. The van der Waals surface area contributed by atoms with Gasteiger partial charge in [-0.15, -0.1) is 24.0 Å². The summed E-state index contributed by atoms with van der Waals surface area (Å²) < 4.78 is 44.1. The van der Waals surface area contributed by atoms with Gasteiger partial charge in [0, 0.05) is 45.5 Å². The highest BCUT2D eigenvalue weighted by molar-refractivity contribution is 14.0. The summed E-state index contributed by atoms with van der Waals surface area (Å²) in [5.74, 6) is 0.288. The van der Waals surface area contributed by atoms with Crippen LogP contribution in [0.15, 0.2) is 23.3 Å². The van der Waals surface area contributed by atoms with E-state index in [9.17, 15) is 18.0 Å². The Balaban J connectivity index is 0.00000341. The molecule has 1 saturated heterocycles. The van der Waals surface area contributed by atoms with Crippen LogP contribution in [0.4, 0.5) is 13.2 Å². The second-order valence-electron chi connectivity index (χ2n) is 7.28. The van der Waals surface area contributed by atoms with E-state index in [1.807, 2.05) is 0 Å². The van der Waals surface area contributed by atoms with E-state index in [0.717, 1.165) is 32.0 Å². The molecule has 3 rings (SSSR count). The van der Waals surface area contributed by atoms with Gasteiger partial charge in [0.05, 0.1) is 13.1 Å². The lowest BCUT2D eigenvalue weighted by Crippen LogP contribution is -2.54. The quantitative estimate of drug-likeness (QED) is 0.230. The van der Waals surface area contributed by atoms with E-state index in [4.69, 9.17) is 4.74 Å². The minimum Gasteiger partial charge on any atom is -0.475 e. The Hall–Kier alpha value is -1.83. The van der Waals surface area contributed by atoms with Gasteiger partial charge in [-0.2, -0.15) is 13.2 Å². The molecule has 2 fully saturated rings. The number of alkyl halides is 3. The Morgan fingerprint density at radius 1 is 1.29 bits per heavy atom. The van der Waals surface area contributed by atoms with Gasteiger partial charge >= 0.3 is 6.18 Å². The number of nitrogens with zero attached hydrogens (tertiary/aromatic N) is 4. The van der Waals surface area contributed by atoms with Crippen molar-refractivity contribution in [2.45, 2.75) is 25.1 Å². The molecule has 2 N–H and O–H groups in total. The Kier molecular flexibility index (Phi) is 9.59. The molecule has 31 heavy (non-hydrogen) atoms. The fourth-order valence-electron chi connectivity index (χ4n) is 3.19. The largest absolute Gasteiger partial charge is 0.475 e. The van der Waals surface area contributed by atoms with Crippen molar-refractivity contribution in [3.8, 4) is 5.88 Å². The molecule has 2 aliphatic rings. The number of carbonyl (C=O) groups excluding carboxylic acids is 1. The van der Waals surface area contributed by atoms with Crippen molar-refractivity contribution in [3.05, 3.63) is 23.9 Å². The summed E-state index contributed by atoms with van der Waals surface area (Å²) in [6.45, 7) is 3.57. The van der Waals surface area contributed by atoms with Gasteiger partial charge in [-0.25, -0.2) is 4.98 Å². The molecule has 174 valence electrons. The summed E-state index contributed by atoms with van der Waals surface area (Å²) >= 11 is 0. The first kappa shape index (κ1) is 25.4. The van der Waals surface area contributed by atoms with Crippen LogP contribution >= 0.6 is 24.0 Å². The monoisotopic (exact) mass is 556 g/mol. The number of ether oxygens (including phenoxy) is 1. The molecule has 12 heteroatoms. The Labute approximate surface area is 196 Å². The molecule has 1 amide bonds. The lowest BCUT2D eigenvalue weighted by molar-refractivity contribution is -0.139. The zero-order valence-electron chi connectivity index (χ0n) is 17.3. The van der Waals surface area contributed by atoms with Crippen molar-refractivity contribution in [1.29, 1.82) is 0 Å². The molecular weight excluding hydrogens is 528 g/mol. The number of hydrogen-bond acceptors (Lipinski definition) is 5. The molecule has 0 aromatic carbocycles. The molecule has 0 radical (unpaired) electrons. The summed E-state index contributed by atoms with van der Waals surface area (Å²) in [4.78, 5) is 24.0. The van der Waals surface area contributed by atoms with Crippen LogP contribution < -0.4 is 15.4 Å². The van der Waals surface area contributed by atoms with Crippen LogP contribution in [-0.2, 0) is 11.0 Å². The third-order valence-corrected chi connectivity index (χ3v) is 4.89. The smallest absolute Gasteiger partial charge is 0.421 e. The zero-order chi connectivity index (χ0) is 21.6. The molecular formula is C19H28F3IN6O2. The summed E-state index contributed by atoms with van der Waals surface area (Å²) in [6, 6.07) is 2.53. The maximum Gasteiger partial charge on any atom is 0.421 e. The standard InChI is InChI=1S/C19H27F3N6O2.HI/c1-23-18(25-7-12-30-17-15(19(20,21)22)3-2-6-24-17)28-10-8-27(9-11-28)13-16(29)26-14-4-5-14;/h2-3,6,14H,4-5,7-13H2,1H3,(H,23,25)(H,26,29);1H. The minimum atomic E-state index is -4.51. The number of aromatic nitrogens is 1. The Morgan fingerprint density at radius 2 is 2.00 bits per heavy atom. The first-order valence-corrected chi connectivity index (χ1v) is 9.99. The van der Waals surface area contributed by atoms with E-state index in [1.54, 1.807) is 7.05 Å². The average Bonchev–Trinajstić information content (AvgIpc) is 3.52. The molecule has 1 aliphatic heterocycles. The molecule has 1 aromatic rings. The van der Waals surface area contributed by atoms with Gasteiger partial charge in [-0.1, -0.05) is 0 Å². The molecule has 8 nitrogen and oxygen atoms in total. The van der Waals surface area contributed by atoms with Crippen molar-refractivity contribution in [3.63, 3.8) is 0 Å². The summed E-state index contributed by atoms with van der Waals surface area (Å²) in [5.41, 5.74) is -0.892. The number of nitrogens with one attached hydrogen (secondary N) is 2. The molecule has 2 heterocycles. The molecule has 0 atom stereocenters. The predicted molar refractivity (Wildman–Crippen MR) is 121 cm³/mol. The van der Waals surface area contributed by atoms with Gasteiger partial charge in [-0.05, 0) is 25.0 Å². The highest BCUT2D eigenvalue weighted by atomic mass is 127. The number of amides is 1. The van der Waals surface area contributed by atoms with Crippen LogP contribution in [0.5, 0.6) is 5.88 Å². The zero-order valence-corrected chi connectivity index (χ0v) is 19.7. The maximum atomic E-state index is 13.0. The molecule has 1 aromatic heterocycles. The predicted octanol–water partition coefficient (Wildman–Crippen LogP) is 1.57. The Morgan fingerprint density at radius 3 is 2.61 bits per heavy atom. The molecule has 1 aliphatic carbocycles. The third-order valence-electron chi connectivity index (χ3n) is 4.89. The van der Waals surface area contributed by atoms with Crippen molar-refractivity contribution < 1.29 is 22.7 Å². The molecule has 0 bridgehead atoms. The van der Waals surface area contributed by atoms with E-state index in [0.29, 0.717) is 31.6 Å². The van der Waals surface area contributed by atoms with Crippen molar-refractivity contribution in [2.75, 3.05) is 52.9 Å². The van der Waals surface area contributed by atoms with Gasteiger partial charge in [0.2, 0.25) is 11.8 Å². The lowest BCUT2D eigenvalue weighted by Gasteiger charge is -2.36. The van der Waals surface area contributed by atoms with Crippen LogP contribution in [0.25, 0.3) is 0 Å². The molecule has 1 saturated carbocycles. The second-order valence-corrected chi connectivity index (χ2v) is 7.28. The lowest BCUT2D eigenvalue weighted by atomic mass is 10.2. The van der Waals surface area contributed by atoms with E-state index < -0.39 is 17.6 Å². The summed E-state index contributed by atoms with van der Waals surface area (Å²) in [6.07, 6.45) is -1.10. The first-order valence-electron chi connectivity index (χ1n) is 9.99. The molecule has 0 unspecified atom stereocenters. The SMILES string of the molecule is CN=C(NCCOc1ncccc1C(F)(F)F)N1CCN(CC(=O)NC2CC2)CC1.I. The number of piperazine rings is 1. The van der Waals surface area contributed by atoms with E-state index in [2.05, 4.69) is 30.4 Å². The van der Waals surface area contributed by atoms with Gasteiger partial charge in [0.15, 0.2) is 5.96 Å². The van der Waals surface area contributed by atoms with Crippen LogP contribution in [0.2, 0.25) is 0 Å². The maximum absolute atomic E-state index is 13.0. The van der Waals surface area contributed by atoms with E-state index in [1.165, 1.54) is 12.3 Å². The highest BCUT2D eigenvalue weighted by Gasteiger charge is 2.35. The van der Waals surface area contributed by atoms with Crippen LogP contribution in [0, 0.1) is 0 Å². The number of halogens is 4. The molecule has 0 spiro atoms. The second kappa shape index (κ2) is 11.7. The number of rotatable bonds is 7. The first-order chi connectivity index (χ1) is 14.4. The van der Waals surface area contributed by atoms with Gasteiger partial charge < -0.3 is 20.3 Å². The number of aliphatic imine (C=N–C) groups is 1. The number of guanidine groups is 1. The van der Waals surface area contributed by atoms with E-state index >= 15 is 0 Å². The fourth-order valence-corrected chi connectivity index (χ4v) is 3.19. The van der Waals surface area contributed by atoms with Crippen molar-refractivity contribution >= 4 is 35.8 Å². The average molecular weight is 556 g/mol. The van der Waals surface area contributed by atoms with Crippen LogP contribution in [-0.4, -0.2) is 85.6 Å². The van der Waals surface area contributed by atoms with Gasteiger partial charge in [-0.3, -0.25) is 14.7 Å². The van der Waals surface area contributed by atoms with Crippen molar-refractivity contribution in [1.82, 2.24) is 25.4 Å². The van der Waals surface area contributed by atoms with Crippen LogP contribution in [0.3, 0.4) is 0 Å². The van der Waals surface area contributed by atoms with Crippen LogP contribution in [0.1, 0.15) is 18.4 Å². The van der Waals surface area contributed by atoms with Gasteiger partial charge in [0.1, 0.15) is 12.2 Å². The topological polar surface area (TPSA) is 82.1 Å². The fraction of sp³-hybridized carbons (Fsp3) is 0.632. The highest BCUT2D eigenvalue weighted by Crippen LogP contribution is 2.34. The summed E-state index contributed by atoms with van der Waals surface area (Å²) in [7, 11) is 1.65. The number of carbonyl (C=O) groups is 1. The number of pyridine rings is 1. The Bertz CT molecular complexity index is 752. The summed E-state index contributed by atoms with van der Waals surface area (Å²) in [5, 5.41) is 6.09. The normalized spacial score (nSPS) is 17.7. The number of hydrogen-bond donors (Lipinski definition) is 2. The van der Waals surface area contributed by atoms with Crippen molar-refractivity contribution in [2.24, 2.45) is 4.99 Å². The van der Waals surface area contributed by atoms with E-state index in [-0.39, 0.29) is 43.0 Å².